The van der Waals surface area contributed by atoms with Crippen molar-refractivity contribution in [2.24, 2.45) is 0 Å². The molecule has 1 atom stereocenters. The summed E-state index contributed by atoms with van der Waals surface area (Å²) < 4.78 is 0. The molecule has 3 heterocycles. The zero-order chi connectivity index (χ0) is 16.4. The maximum atomic E-state index is 12.2. The van der Waals surface area contributed by atoms with Gasteiger partial charge in [0.15, 0.2) is 5.60 Å². The molecule has 1 aliphatic heterocycles. The smallest absolute Gasteiger partial charge is 0.255 e. The Kier molecular flexibility index (Phi) is 4.82. The van der Waals surface area contributed by atoms with Crippen LogP contribution in [0.25, 0.3) is 9.88 Å². The first-order valence-electron chi connectivity index (χ1n) is 7.63. The second-order valence-electron chi connectivity index (χ2n) is 6.16. The van der Waals surface area contributed by atoms with Gasteiger partial charge in [-0.15, -0.1) is 22.7 Å². The van der Waals surface area contributed by atoms with Gasteiger partial charge in [0.25, 0.3) is 5.91 Å². The van der Waals surface area contributed by atoms with Crippen LogP contribution in [0.5, 0.6) is 0 Å². The second-order valence-corrected chi connectivity index (χ2v) is 7.96. The van der Waals surface area contributed by atoms with Crippen LogP contribution in [0.2, 0.25) is 0 Å². The van der Waals surface area contributed by atoms with E-state index in [9.17, 15) is 9.90 Å². The lowest BCUT2D eigenvalue weighted by Crippen LogP contribution is -2.56. The fraction of sp³-hybridized carbons (Fsp3) is 0.500. The molecule has 0 aromatic carbocycles. The Morgan fingerprint density at radius 2 is 2.30 bits per heavy atom. The number of rotatable bonds is 5. The highest BCUT2D eigenvalue weighted by Crippen LogP contribution is 2.28. The largest absolute Gasteiger partial charge is 0.379 e. The van der Waals surface area contributed by atoms with Gasteiger partial charge >= 0.3 is 0 Å². The summed E-state index contributed by atoms with van der Waals surface area (Å²) in [6, 6.07) is 4.09. The molecule has 1 saturated heterocycles. The van der Waals surface area contributed by atoms with Crippen LogP contribution < -0.4 is 0 Å². The summed E-state index contributed by atoms with van der Waals surface area (Å²) in [6.07, 6.45) is 1.36. The number of likely N-dealkylation sites (N-methyl/N-ethyl adjacent to an activating group) is 2. The van der Waals surface area contributed by atoms with Gasteiger partial charge in [0.2, 0.25) is 0 Å². The molecule has 0 unspecified atom stereocenters. The third-order valence-corrected chi connectivity index (χ3v) is 6.01. The van der Waals surface area contributed by atoms with Crippen LogP contribution >= 0.6 is 22.7 Å². The van der Waals surface area contributed by atoms with Crippen molar-refractivity contribution in [1.29, 1.82) is 0 Å². The Hall–Kier alpha value is -1.28. The van der Waals surface area contributed by atoms with Crippen molar-refractivity contribution in [3.63, 3.8) is 0 Å². The molecule has 3 rings (SSSR count). The normalized spacial score (nSPS) is 22.1. The number of amides is 1. The van der Waals surface area contributed by atoms with E-state index in [-0.39, 0.29) is 5.91 Å². The van der Waals surface area contributed by atoms with E-state index >= 15 is 0 Å². The van der Waals surface area contributed by atoms with Gasteiger partial charge in [-0.3, -0.25) is 9.69 Å². The summed E-state index contributed by atoms with van der Waals surface area (Å²) in [6.45, 7) is 1.68. The standard InChI is InChI=1S/C16H21N3O2S2/c1-18(11-16(21)6-4-7-19(2)15(16)20)9-12-10-23-14(17-12)13-5-3-8-22-13/h3,5,8,10,21H,4,6-7,9,11H2,1-2H3/t16-/m0/s1. The molecule has 2 aromatic rings. The zero-order valence-electron chi connectivity index (χ0n) is 13.4. The minimum absolute atomic E-state index is 0.173. The molecule has 124 valence electrons. The van der Waals surface area contributed by atoms with Gasteiger partial charge in [-0.1, -0.05) is 6.07 Å². The SMILES string of the molecule is CN(Cc1csc(-c2cccs2)n1)C[C@@]1(O)CCCN(C)C1=O. The van der Waals surface area contributed by atoms with E-state index in [4.69, 9.17) is 0 Å². The molecule has 0 spiro atoms. The molecule has 1 aliphatic rings. The van der Waals surface area contributed by atoms with E-state index in [1.54, 1.807) is 34.6 Å². The number of piperidine rings is 1. The molecule has 5 nitrogen and oxygen atoms in total. The fourth-order valence-corrected chi connectivity index (χ4v) is 4.62. The molecular formula is C16H21N3O2S2. The average molecular weight is 351 g/mol. The lowest BCUT2D eigenvalue weighted by molar-refractivity contribution is -0.157. The summed E-state index contributed by atoms with van der Waals surface area (Å²) in [7, 11) is 3.67. The Morgan fingerprint density at radius 1 is 1.48 bits per heavy atom. The van der Waals surface area contributed by atoms with Crippen LogP contribution in [0.3, 0.4) is 0 Å². The van der Waals surface area contributed by atoms with Crippen molar-refractivity contribution in [2.75, 3.05) is 27.2 Å². The molecule has 0 bridgehead atoms. The van der Waals surface area contributed by atoms with Crippen LogP contribution in [0.1, 0.15) is 18.5 Å². The fourth-order valence-electron chi connectivity index (χ4n) is 2.99. The third kappa shape index (κ3) is 3.63. The van der Waals surface area contributed by atoms with E-state index in [0.29, 0.717) is 19.5 Å². The number of hydrogen-bond donors (Lipinski definition) is 1. The summed E-state index contributed by atoms with van der Waals surface area (Å²) in [5.41, 5.74) is -0.296. The Morgan fingerprint density at radius 3 is 3.04 bits per heavy atom. The number of likely N-dealkylation sites (tertiary alicyclic amines) is 1. The lowest BCUT2D eigenvalue weighted by Gasteiger charge is -2.38. The minimum atomic E-state index is -1.27. The molecule has 1 fully saturated rings. The van der Waals surface area contributed by atoms with Gasteiger partial charge < -0.3 is 10.0 Å². The number of thiophene rings is 1. The summed E-state index contributed by atoms with van der Waals surface area (Å²) in [5, 5.41) is 15.8. The van der Waals surface area contributed by atoms with Gasteiger partial charge in [-0.25, -0.2) is 4.98 Å². The van der Waals surface area contributed by atoms with Crippen molar-refractivity contribution in [3.8, 4) is 9.88 Å². The van der Waals surface area contributed by atoms with Crippen molar-refractivity contribution >= 4 is 28.6 Å². The summed E-state index contributed by atoms with van der Waals surface area (Å²) in [5.74, 6) is -0.173. The molecular weight excluding hydrogens is 330 g/mol. The zero-order valence-corrected chi connectivity index (χ0v) is 15.0. The van der Waals surface area contributed by atoms with E-state index in [0.717, 1.165) is 23.7 Å². The Balaban J connectivity index is 1.63. The average Bonchev–Trinajstić information content (AvgIpc) is 3.15. The van der Waals surface area contributed by atoms with Gasteiger partial charge in [0.05, 0.1) is 10.6 Å². The summed E-state index contributed by atoms with van der Waals surface area (Å²) in [4.78, 5) is 21.7. The van der Waals surface area contributed by atoms with E-state index in [1.165, 1.54) is 4.88 Å². The van der Waals surface area contributed by atoms with Gasteiger partial charge in [-0.2, -0.15) is 0 Å². The number of carbonyl (C=O) groups excluding carboxylic acids is 1. The maximum absolute atomic E-state index is 12.2. The quantitative estimate of drug-likeness (QED) is 0.898. The van der Waals surface area contributed by atoms with Crippen LogP contribution in [-0.4, -0.2) is 58.6 Å². The second kappa shape index (κ2) is 6.68. The monoisotopic (exact) mass is 351 g/mol. The van der Waals surface area contributed by atoms with E-state index in [1.807, 2.05) is 28.8 Å². The number of hydrogen-bond acceptors (Lipinski definition) is 6. The predicted molar refractivity (Wildman–Crippen MR) is 93.6 cm³/mol. The van der Waals surface area contributed by atoms with Crippen LogP contribution in [0.15, 0.2) is 22.9 Å². The molecule has 7 heteroatoms. The first-order valence-corrected chi connectivity index (χ1v) is 9.39. The van der Waals surface area contributed by atoms with E-state index in [2.05, 4.69) is 11.1 Å². The number of nitrogens with zero attached hydrogens (tertiary/aromatic N) is 3. The maximum Gasteiger partial charge on any atom is 0.255 e. The lowest BCUT2D eigenvalue weighted by atomic mass is 9.91. The van der Waals surface area contributed by atoms with Gasteiger partial charge in [-0.05, 0) is 31.3 Å². The molecule has 0 saturated carbocycles. The van der Waals surface area contributed by atoms with Gasteiger partial charge in [0, 0.05) is 32.1 Å². The third-order valence-electron chi connectivity index (χ3n) is 4.08. The van der Waals surface area contributed by atoms with E-state index < -0.39 is 5.60 Å². The predicted octanol–water partition coefficient (Wildman–Crippen LogP) is 2.29. The first-order chi connectivity index (χ1) is 11.0. The highest BCUT2D eigenvalue weighted by atomic mass is 32.1. The number of carbonyl (C=O) groups is 1. The summed E-state index contributed by atoms with van der Waals surface area (Å²) >= 11 is 3.31. The first kappa shape index (κ1) is 16.6. The molecule has 2 aromatic heterocycles. The molecule has 1 N–H and O–H groups in total. The minimum Gasteiger partial charge on any atom is -0.379 e. The highest BCUT2D eigenvalue weighted by molar-refractivity contribution is 7.20. The van der Waals surface area contributed by atoms with Crippen LogP contribution in [0.4, 0.5) is 0 Å². The van der Waals surface area contributed by atoms with Crippen LogP contribution in [-0.2, 0) is 11.3 Å². The van der Waals surface area contributed by atoms with Gasteiger partial charge in [0.1, 0.15) is 5.01 Å². The molecule has 1 amide bonds. The molecule has 23 heavy (non-hydrogen) atoms. The van der Waals surface area contributed by atoms with Crippen LogP contribution in [0, 0.1) is 0 Å². The number of aliphatic hydroxyl groups is 1. The topological polar surface area (TPSA) is 56.7 Å². The molecule has 0 radical (unpaired) electrons. The Labute approximate surface area is 144 Å². The number of thiazole rings is 1. The van der Waals surface area contributed by atoms with Crippen molar-refractivity contribution < 1.29 is 9.90 Å². The highest BCUT2D eigenvalue weighted by Gasteiger charge is 2.41. The van der Waals surface area contributed by atoms with Crippen molar-refractivity contribution in [2.45, 2.75) is 25.0 Å². The molecule has 0 aliphatic carbocycles. The van der Waals surface area contributed by atoms with Crippen molar-refractivity contribution in [1.82, 2.24) is 14.8 Å². The Bertz CT molecular complexity index is 671. The number of aromatic nitrogens is 1. The van der Waals surface area contributed by atoms with Crippen molar-refractivity contribution in [3.05, 3.63) is 28.6 Å².